The topological polar surface area (TPSA) is 50.6 Å². The monoisotopic (exact) mass is 409 g/mol. The van der Waals surface area contributed by atoms with E-state index in [9.17, 15) is 8.42 Å². The Kier molecular flexibility index (Phi) is 5.72. The molecule has 29 heavy (non-hydrogen) atoms. The summed E-state index contributed by atoms with van der Waals surface area (Å²) in [5.74, 6) is 0. The van der Waals surface area contributed by atoms with Crippen molar-refractivity contribution in [2.45, 2.75) is 37.6 Å². The van der Waals surface area contributed by atoms with Crippen molar-refractivity contribution in [2.75, 3.05) is 19.6 Å². The molecule has 0 aliphatic carbocycles. The molecule has 2 N–H and O–H groups in total. The van der Waals surface area contributed by atoms with Gasteiger partial charge in [0.1, 0.15) is 6.04 Å². The quantitative estimate of drug-likeness (QED) is 0.657. The fraction of sp³-hybridized carbons (Fsp3) is 0.333. The Balaban J connectivity index is 1.67. The van der Waals surface area contributed by atoms with Gasteiger partial charge in [0.2, 0.25) is 10.0 Å². The average Bonchev–Trinajstić information content (AvgIpc) is 3.25. The number of sulfonamides is 1. The van der Waals surface area contributed by atoms with E-state index in [2.05, 4.69) is 41.1 Å². The molecule has 0 saturated carbocycles. The van der Waals surface area contributed by atoms with Gasteiger partial charge in [0.05, 0.1) is 24.5 Å². The van der Waals surface area contributed by atoms with Crippen LogP contribution in [0.15, 0.2) is 65.6 Å². The highest BCUT2D eigenvalue weighted by Gasteiger charge is 2.30. The van der Waals surface area contributed by atoms with Crippen molar-refractivity contribution in [3.63, 3.8) is 0 Å². The fourth-order valence-electron chi connectivity index (χ4n) is 4.49. The second-order valence-electron chi connectivity index (χ2n) is 8.04. The number of fused-ring (bicyclic) bond motifs is 1. The maximum Gasteiger partial charge on any atom is 0.241 e. The summed E-state index contributed by atoms with van der Waals surface area (Å²) in [4.78, 5) is 1.84. The molecule has 4 nitrogen and oxygen atoms in total. The van der Waals surface area contributed by atoms with Crippen molar-refractivity contribution < 1.29 is 13.3 Å². The molecule has 4 rings (SSSR count). The molecule has 1 aliphatic heterocycles. The van der Waals surface area contributed by atoms with Crippen LogP contribution in [-0.4, -0.2) is 28.1 Å². The number of likely N-dealkylation sites (tertiary alicyclic amines) is 1. The SMILES string of the molecule is Cc1cccc(S(=O)(=O)NC[C@@H](c2cccc3ccccc23)[NH+]2CCCC2)c1C. The molecular weight excluding hydrogens is 380 g/mol. The summed E-state index contributed by atoms with van der Waals surface area (Å²) in [5.41, 5.74) is 3.03. The second-order valence-corrected chi connectivity index (χ2v) is 9.77. The van der Waals surface area contributed by atoms with E-state index < -0.39 is 10.0 Å². The van der Waals surface area contributed by atoms with E-state index in [0.29, 0.717) is 11.4 Å². The lowest BCUT2D eigenvalue weighted by Crippen LogP contribution is -3.11. The van der Waals surface area contributed by atoms with Crippen molar-refractivity contribution in [1.29, 1.82) is 0 Å². The lowest BCUT2D eigenvalue weighted by atomic mass is 9.98. The van der Waals surface area contributed by atoms with E-state index in [4.69, 9.17) is 0 Å². The smallest absolute Gasteiger partial charge is 0.241 e. The van der Waals surface area contributed by atoms with E-state index in [-0.39, 0.29) is 6.04 Å². The van der Waals surface area contributed by atoms with Gasteiger partial charge in [-0.2, -0.15) is 0 Å². The zero-order valence-electron chi connectivity index (χ0n) is 17.1. The Morgan fingerprint density at radius 2 is 1.62 bits per heavy atom. The van der Waals surface area contributed by atoms with Gasteiger partial charge in [-0.3, -0.25) is 0 Å². The third-order valence-corrected chi connectivity index (χ3v) is 7.83. The number of rotatable bonds is 6. The first-order chi connectivity index (χ1) is 14.0. The standard InChI is InChI=1S/C24H28N2O2S/c1-18-9-7-14-24(19(18)2)29(27,28)25-17-23(26-15-5-6-16-26)22-13-8-11-20-10-3-4-12-21(20)22/h3-4,7-14,23,25H,5-6,15-17H2,1-2H3/p+1/t23-/m0/s1. The minimum absolute atomic E-state index is 0.100. The van der Waals surface area contributed by atoms with Crippen LogP contribution in [0.3, 0.4) is 0 Å². The largest absolute Gasteiger partial charge is 0.328 e. The van der Waals surface area contributed by atoms with E-state index in [1.807, 2.05) is 32.0 Å². The van der Waals surface area contributed by atoms with Crippen molar-refractivity contribution in [1.82, 2.24) is 4.72 Å². The average molecular weight is 410 g/mol. The van der Waals surface area contributed by atoms with Crippen LogP contribution < -0.4 is 9.62 Å². The van der Waals surface area contributed by atoms with Crippen molar-refractivity contribution >= 4 is 20.8 Å². The van der Waals surface area contributed by atoms with Crippen LogP contribution in [0, 0.1) is 13.8 Å². The Morgan fingerprint density at radius 3 is 2.41 bits per heavy atom. The molecule has 152 valence electrons. The Morgan fingerprint density at radius 1 is 0.931 bits per heavy atom. The van der Waals surface area contributed by atoms with Gasteiger partial charge in [-0.15, -0.1) is 0 Å². The molecule has 0 bridgehead atoms. The molecule has 0 amide bonds. The lowest BCUT2D eigenvalue weighted by Gasteiger charge is -2.26. The summed E-state index contributed by atoms with van der Waals surface area (Å²) >= 11 is 0. The molecule has 1 aliphatic rings. The molecule has 3 aromatic rings. The van der Waals surface area contributed by atoms with Gasteiger partial charge in [-0.05, 0) is 41.8 Å². The zero-order valence-corrected chi connectivity index (χ0v) is 17.9. The van der Waals surface area contributed by atoms with Crippen molar-refractivity contribution in [3.05, 3.63) is 77.4 Å². The Labute approximate surface area is 173 Å². The molecule has 1 saturated heterocycles. The van der Waals surface area contributed by atoms with E-state index in [1.165, 1.54) is 34.1 Å². The summed E-state index contributed by atoms with van der Waals surface area (Å²) < 4.78 is 29.1. The van der Waals surface area contributed by atoms with Crippen LogP contribution in [0.25, 0.3) is 10.8 Å². The Hall–Kier alpha value is -2.21. The van der Waals surface area contributed by atoms with Crippen LogP contribution in [0.5, 0.6) is 0 Å². The first-order valence-electron chi connectivity index (χ1n) is 10.4. The van der Waals surface area contributed by atoms with Gasteiger partial charge >= 0.3 is 0 Å². The third kappa shape index (κ3) is 4.08. The second kappa shape index (κ2) is 8.27. The molecule has 1 heterocycles. The first kappa shape index (κ1) is 20.1. The highest BCUT2D eigenvalue weighted by Crippen LogP contribution is 2.24. The molecule has 0 radical (unpaired) electrons. The van der Waals surface area contributed by atoms with Crippen LogP contribution >= 0.6 is 0 Å². The molecule has 3 aromatic carbocycles. The molecule has 0 aromatic heterocycles. The number of benzene rings is 3. The molecule has 1 atom stereocenters. The van der Waals surface area contributed by atoms with Gasteiger partial charge < -0.3 is 4.90 Å². The summed E-state index contributed by atoms with van der Waals surface area (Å²) in [5, 5.41) is 2.41. The maximum atomic E-state index is 13.1. The number of aryl methyl sites for hydroxylation is 1. The number of quaternary nitrogens is 1. The third-order valence-electron chi connectivity index (χ3n) is 6.26. The number of nitrogens with one attached hydrogen (secondary N) is 2. The van der Waals surface area contributed by atoms with Gasteiger partial charge in [0.15, 0.2) is 0 Å². The van der Waals surface area contributed by atoms with Crippen LogP contribution in [0.1, 0.15) is 35.6 Å². The van der Waals surface area contributed by atoms with Gasteiger partial charge in [0.25, 0.3) is 0 Å². The normalized spacial score (nSPS) is 16.3. The number of hydrogen-bond donors (Lipinski definition) is 2. The van der Waals surface area contributed by atoms with Crippen molar-refractivity contribution in [2.24, 2.45) is 0 Å². The van der Waals surface area contributed by atoms with Gasteiger partial charge in [-0.25, -0.2) is 13.1 Å². The summed E-state index contributed by atoms with van der Waals surface area (Å²) in [6, 6.07) is 20.3. The molecule has 5 heteroatoms. The van der Waals surface area contributed by atoms with Crippen LogP contribution in [0.4, 0.5) is 0 Å². The molecule has 0 spiro atoms. The van der Waals surface area contributed by atoms with Crippen LogP contribution in [0.2, 0.25) is 0 Å². The molecular formula is C24H29N2O2S+. The van der Waals surface area contributed by atoms with Gasteiger partial charge in [-0.1, -0.05) is 54.6 Å². The summed E-state index contributed by atoms with van der Waals surface area (Å²) in [6.45, 7) is 6.39. The van der Waals surface area contributed by atoms with Crippen LogP contribution in [-0.2, 0) is 10.0 Å². The fourth-order valence-corrected chi connectivity index (χ4v) is 5.86. The number of hydrogen-bond acceptors (Lipinski definition) is 2. The van der Waals surface area contributed by atoms with Gasteiger partial charge in [0, 0.05) is 18.4 Å². The minimum Gasteiger partial charge on any atom is -0.328 e. The summed E-state index contributed by atoms with van der Waals surface area (Å²) in [7, 11) is -3.56. The van der Waals surface area contributed by atoms with Crippen molar-refractivity contribution in [3.8, 4) is 0 Å². The predicted molar refractivity (Wildman–Crippen MR) is 118 cm³/mol. The molecule has 1 fully saturated rings. The lowest BCUT2D eigenvalue weighted by molar-refractivity contribution is -0.918. The molecule has 0 unspecified atom stereocenters. The van der Waals surface area contributed by atoms with E-state index in [0.717, 1.165) is 24.2 Å². The predicted octanol–water partition coefficient (Wildman–Crippen LogP) is 3.15. The summed E-state index contributed by atoms with van der Waals surface area (Å²) in [6.07, 6.45) is 2.39. The maximum absolute atomic E-state index is 13.1. The first-order valence-corrected chi connectivity index (χ1v) is 11.8. The van der Waals surface area contributed by atoms with E-state index >= 15 is 0 Å². The van der Waals surface area contributed by atoms with E-state index in [1.54, 1.807) is 6.07 Å². The highest BCUT2D eigenvalue weighted by molar-refractivity contribution is 7.89. The zero-order chi connectivity index (χ0) is 20.4. The minimum atomic E-state index is -3.56. The Bertz CT molecular complexity index is 1110. The highest BCUT2D eigenvalue weighted by atomic mass is 32.2.